The molecule has 0 saturated carbocycles. The molecular formula is C78H53BN4SSe. The van der Waals surface area contributed by atoms with Gasteiger partial charge in [-0.2, -0.15) is 0 Å². The van der Waals surface area contributed by atoms with Gasteiger partial charge in [0.2, 0.25) is 0 Å². The predicted molar refractivity (Wildman–Crippen MR) is 363 cm³/mol. The van der Waals surface area contributed by atoms with E-state index in [1.165, 1.54) is 61.6 Å². The Morgan fingerprint density at radius 1 is 0.459 bits per heavy atom. The first-order valence-electron chi connectivity index (χ1n) is 31.4. The van der Waals surface area contributed by atoms with E-state index in [1.54, 1.807) is 0 Å². The Balaban J connectivity index is 1.02. The van der Waals surface area contributed by atoms with Gasteiger partial charge in [-0.3, -0.25) is 0 Å². The summed E-state index contributed by atoms with van der Waals surface area (Å²) in [5.74, 6) is 0. The monoisotopic (exact) mass is 1170 g/mol. The van der Waals surface area contributed by atoms with Gasteiger partial charge in [-0.1, -0.05) is 0 Å². The van der Waals surface area contributed by atoms with Crippen LogP contribution in [-0.2, 0) is 0 Å². The van der Waals surface area contributed by atoms with Crippen molar-refractivity contribution in [3.8, 4) is 27.9 Å². The van der Waals surface area contributed by atoms with Crippen LogP contribution in [0.15, 0.2) is 303 Å². The summed E-state index contributed by atoms with van der Waals surface area (Å²) in [6, 6.07) is 96.5. The van der Waals surface area contributed by atoms with Crippen molar-refractivity contribution in [3.05, 3.63) is 313 Å². The number of thiophene rings is 1. The van der Waals surface area contributed by atoms with Crippen LogP contribution in [0.3, 0.4) is 0 Å². The van der Waals surface area contributed by atoms with Gasteiger partial charge in [0.05, 0.1) is 1.37 Å². The minimum atomic E-state index is -0.415. The molecule has 0 N–H and O–H groups in total. The molecule has 2 aromatic heterocycles. The Kier molecular flexibility index (Phi) is 10.8. The number of anilines is 7. The van der Waals surface area contributed by atoms with Gasteiger partial charge in [0.25, 0.3) is 0 Å². The van der Waals surface area contributed by atoms with E-state index in [4.69, 9.17) is 4.11 Å². The fourth-order valence-corrected chi connectivity index (χ4v) is 17.7. The van der Waals surface area contributed by atoms with Crippen LogP contribution < -0.4 is 44.3 Å². The molecule has 1 aliphatic carbocycles. The summed E-state index contributed by atoms with van der Waals surface area (Å²) in [6.07, 6.45) is 0.602. The van der Waals surface area contributed by atoms with Crippen LogP contribution in [0.1, 0.15) is 13.3 Å². The molecule has 7 heteroatoms. The van der Waals surface area contributed by atoms with E-state index in [-0.39, 0.29) is 57.4 Å². The van der Waals surface area contributed by atoms with E-state index in [1.807, 2.05) is 23.5 Å². The first-order valence-corrected chi connectivity index (χ1v) is 31.4. The van der Waals surface area contributed by atoms with Crippen molar-refractivity contribution in [2.24, 2.45) is 0 Å². The number of aromatic nitrogens is 1. The molecule has 12 aromatic carbocycles. The van der Waals surface area contributed by atoms with E-state index in [0.29, 0.717) is 12.0 Å². The van der Waals surface area contributed by atoms with Crippen molar-refractivity contribution in [2.75, 3.05) is 14.7 Å². The maximum absolute atomic E-state index is 9.30. The van der Waals surface area contributed by atoms with Crippen LogP contribution >= 0.6 is 11.3 Å². The number of hydrogen-bond donors (Lipinski definition) is 0. The van der Waals surface area contributed by atoms with Crippen molar-refractivity contribution in [3.63, 3.8) is 0 Å². The molecule has 0 saturated heterocycles. The number of hydrogen-bond acceptors (Lipinski definition) is 4. The Morgan fingerprint density at radius 2 is 1.02 bits per heavy atom. The number of benzene rings is 12. The third-order valence-electron chi connectivity index (χ3n) is 17.2. The SMILES string of the molecule is [2H]c1c([2H])c([2H])c(-c2ccc(N3c4cc(-n5c6ccccc6c6ccccc65)cc5c4B(C4=c6sc7ccccc7c6=C(N(c6ccccc6)c6ccccc6)CC43)c3ccc(N(c4ccccc4)c4ccccc4)cc3[Se]5)c(-c3ccccc3)c2)c([2H])c1[2H]. The standard InChI is InChI=1S/C78H53BN4SSe/c1-7-25-52(26-8-1)54-43-46-68(64(47-54)53-27-9-2-10-28-53)83-70-48-60(82-66-40-22-19-37-61(66)62-38-20-23-41-67(62)82)50-74-76(70)79(65-45-44-59(49-73(65)85-74)80(55-29-11-3-12-30-55)56-31-13-4-14-32-56)77-71(83)51-69(75-63-39-21-24-42-72(63)84-78(75)77)81(57-33-15-5-16-34-57)58-35-17-6-18-36-58/h1-50,71H,51H2/i1D,7D,8D,25D,26D. The molecule has 400 valence electrons. The Bertz CT molecular complexity index is 5200. The van der Waals surface area contributed by atoms with Gasteiger partial charge >= 0.3 is 514 Å². The minimum absolute atomic E-state index is 0.161. The van der Waals surface area contributed by atoms with E-state index >= 15 is 0 Å². The van der Waals surface area contributed by atoms with Crippen LogP contribution in [0.5, 0.6) is 0 Å². The van der Waals surface area contributed by atoms with Crippen LogP contribution in [-0.4, -0.2) is 32.3 Å². The summed E-state index contributed by atoms with van der Waals surface area (Å²) < 4.78 is 52.5. The van der Waals surface area contributed by atoms with Crippen LogP contribution in [0.25, 0.3) is 71.0 Å². The summed E-state index contributed by atoms with van der Waals surface area (Å²) >= 11 is 1.69. The first-order chi connectivity index (χ1) is 44.3. The normalized spacial score (nSPS) is 14.9. The molecule has 0 bridgehead atoms. The fraction of sp³-hybridized carbons (Fsp3) is 0.0256. The Morgan fingerprint density at radius 3 is 1.66 bits per heavy atom. The average molecular weight is 1170 g/mol. The van der Waals surface area contributed by atoms with Crippen LogP contribution in [0, 0.1) is 0 Å². The van der Waals surface area contributed by atoms with Crippen molar-refractivity contribution in [2.45, 2.75) is 12.5 Å². The van der Waals surface area contributed by atoms with Crippen LogP contribution in [0.4, 0.5) is 39.8 Å². The molecule has 0 radical (unpaired) electrons. The predicted octanol–water partition coefficient (Wildman–Crippen LogP) is 15.6. The fourth-order valence-electron chi connectivity index (χ4n) is 13.8. The quantitative estimate of drug-likeness (QED) is 0.127. The zero-order chi connectivity index (χ0) is 60.3. The topological polar surface area (TPSA) is 14.7 Å². The molecule has 14 aromatic rings. The second kappa shape index (κ2) is 20.5. The number of nitrogens with zero attached hydrogens (tertiary/aromatic N) is 4. The van der Waals surface area contributed by atoms with Crippen molar-refractivity contribution in [1.29, 1.82) is 0 Å². The number of para-hydroxylation sites is 6. The Hall–Kier alpha value is -9.88. The molecule has 3 aliphatic rings. The van der Waals surface area contributed by atoms with Crippen molar-refractivity contribution < 1.29 is 6.85 Å². The zero-order valence-electron chi connectivity index (χ0n) is 50.9. The Labute approximate surface area is 512 Å². The van der Waals surface area contributed by atoms with Crippen molar-refractivity contribution >= 4 is 136 Å². The first kappa shape index (κ1) is 44.7. The maximum atomic E-state index is 9.30. The molecule has 4 nitrogen and oxygen atoms in total. The molecular weight excluding hydrogens is 1110 g/mol. The van der Waals surface area contributed by atoms with E-state index in [0.717, 1.165) is 67.7 Å². The summed E-state index contributed by atoms with van der Waals surface area (Å²) in [6.45, 7) is -0.161. The summed E-state index contributed by atoms with van der Waals surface area (Å²) in [7, 11) is 0. The summed E-state index contributed by atoms with van der Waals surface area (Å²) in [5.41, 5.74) is 18.5. The molecule has 85 heavy (non-hydrogen) atoms. The van der Waals surface area contributed by atoms with Crippen molar-refractivity contribution in [1.82, 2.24) is 4.57 Å². The van der Waals surface area contributed by atoms with E-state index in [9.17, 15) is 2.74 Å². The molecule has 0 fully saturated rings. The van der Waals surface area contributed by atoms with Gasteiger partial charge in [-0.15, -0.1) is 0 Å². The number of fused-ring (bicyclic) bond motifs is 10. The molecule has 17 rings (SSSR count). The third kappa shape index (κ3) is 8.18. The van der Waals surface area contributed by atoms with Gasteiger partial charge in [0, 0.05) is 0 Å². The zero-order valence-corrected chi connectivity index (χ0v) is 48.5. The molecule has 2 aliphatic heterocycles. The van der Waals surface area contributed by atoms with Gasteiger partial charge in [-0.25, -0.2) is 0 Å². The van der Waals surface area contributed by atoms with E-state index < -0.39 is 6.04 Å². The number of rotatable bonds is 10. The van der Waals surface area contributed by atoms with Gasteiger partial charge in [0.1, 0.15) is 0 Å². The molecule has 0 amide bonds. The second-order valence-electron chi connectivity index (χ2n) is 21.9. The third-order valence-corrected chi connectivity index (χ3v) is 20.8. The molecule has 1 atom stereocenters. The van der Waals surface area contributed by atoms with E-state index in [2.05, 4.69) is 280 Å². The van der Waals surface area contributed by atoms with Gasteiger partial charge in [-0.05, 0) is 0 Å². The summed E-state index contributed by atoms with van der Waals surface area (Å²) in [4.78, 5) is 7.53. The average Bonchev–Trinajstić information content (AvgIpc) is 1.12. The summed E-state index contributed by atoms with van der Waals surface area (Å²) in [5, 5.41) is 4.84. The van der Waals surface area contributed by atoms with Crippen LogP contribution in [0.2, 0.25) is 0 Å². The second-order valence-corrected chi connectivity index (χ2v) is 25.2. The molecule has 1 unspecified atom stereocenters. The van der Waals surface area contributed by atoms with Gasteiger partial charge < -0.3 is 0 Å². The molecule has 4 heterocycles. The molecule has 0 spiro atoms. The van der Waals surface area contributed by atoms with Gasteiger partial charge in [0.15, 0.2) is 0 Å².